The highest BCUT2D eigenvalue weighted by atomic mass is 16.5. The van der Waals surface area contributed by atoms with E-state index in [0.29, 0.717) is 17.6 Å². The van der Waals surface area contributed by atoms with E-state index in [1.807, 2.05) is 0 Å². The van der Waals surface area contributed by atoms with Crippen molar-refractivity contribution in [2.24, 2.45) is 0 Å². The number of carbonyl (C=O) groups is 1. The number of anilines is 1. The number of methoxy groups -OCH3 is 1. The molecule has 1 unspecified atom stereocenters. The van der Waals surface area contributed by atoms with Gasteiger partial charge in [0.1, 0.15) is 5.56 Å². The number of nitrogen functional groups attached to an aromatic ring is 1. The number of fused-ring (bicyclic) bond motifs is 2. The molecule has 3 heterocycles. The average molecular weight is 291 g/mol. The van der Waals surface area contributed by atoms with E-state index in [1.54, 1.807) is 0 Å². The van der Waals surface area contributed by atoms with Gasteiger partial charge in [-0.2, -0.15) is 4.98 Å². The summed E-state index contributed by atoms with van der Waals surface area (Å²) in [5.41, 5.74) is 5.84. The summed E-state index contributed by atoms with van der Waals surface area (Å²) >= 11 is 0. The Balaban J connectivity index is 1.70. The highest BCUT2D eigenvalue weighted by molar-refractivity contribution is 5.96. The Hall–Kier alpha value is -1.89. The lowest BCUT2D eigenvalue weighted by molar-refractivity contribution is 0.0878. The SMILES string of the molecule is COc1nc(N)ncc1C(=O)NC1C[C@H]2CC[C@@H](C1)N2C. The van der Waals surface area contributed by atoms with Gasteiger partial charge in [0.05, 0.1) is 7.11 Å². The van der Waals surface area contributed by atoms with Crippen molar-refractivity contribution in [3.63, 3.8) is 0 Å². The standard InChI is InChI=1S/C14H21N5O2/c1-19-9-3-4-10(19)6-8(5-9)17-12(20)11-7-16-14(15)18-13(11)21-2/h7-10H,3-6H2,1-2H3,(H,17,20)(H2,15,16,18)/t8?,9-,10+. The molecule has 114 valence electrons. The first-order chi connectivity index (χ1) is 10.1. The van der Waals surface area contributed by atoms with Crippen LogP contribution in [0.4, 0.5) is 5.95 Å². The number of amides is 1. The Morgan fingerprint density at radius 2 is 2.10 bits per heavy atom. The molecule has 2 fully saturated rings. The number of ether oxygens (including phenoxy) is 1. The maximum atomic E-state index is 12.4. The number of nitrogens with zero attached hydrogens (tertiary/aromatic N) is 3. The zero-order valence-electron chi connectivity index (χ0n) is 12.4. The molecular formula is C14H21N5O2. The topological polar surface area (TPSA) is 93.4 Å². The normalized spacial score (nSPS) is 28.4. The van der Waals surface area contributed by atoms with Crippen molar-refractivity contribution in [3.8, 4) is 5.88 Å². The Labute approximate surface area is 123 Å². The molecule has 3 atom stereocenters. The molecule has 0 aliphatic carbocycles. The fourth-order valence-corrected chi connectivity index (χ4v) is 3.48. The third kappa shape index (κ3) is 2.65. The van der Waals surface area contributed by atoms with Crippen LogP contribution >= 0.6 is 0 Å². The molecule has 7 heteroatoms. The lowest BCUT2D eigenvalue weighted by atomic mass is 9.98. The van der Waals surface area contributed by atoms with E-state index in [0.717, 1.165) is 12.8 Å². The van der Waals surface area contributed by atoms with Crippen molar-refractivity contribution in [2.45, 2.75) is 43.8 Å². The first kappa shape index (κ1) is 14.1. The van der Waals surface area contributed by atoms with Crippen LogP contribution in [0.5, 0.6) is 5.88 Å². The van der Waals surface area contributed by atoms with Crippen LogP contribution in [0.15, 0.2) is 6.20 Å². The summed E-state index contributed by atoms with van der Waals surface area (Å²) in [6.07, 6.45) is 5.86. The van der Waals surface area contributed by atoms with Crippen molar-refractivity contribution < 1.29 is 9.53 Å². The molecule has 3 rings (SSSR count). The van der Waals surface area contributed by atoms with Gasteiger partial charge in [0.2, 0.25) is 11.8 Å². The molecular weight excluding hydrogens is 270 g/mol. The monoisotopic (exact) mass is 291 g/mol. The second kappa shape index (κ2) is 5.48. The second-order valence-corrected chi connectivity index (χ2v) is 5.84. The predicted octanol–water partition coefficient (Wildman–Crippen LogP) is 0.422. The van der Waals surface area contributed by atoms with Crippen LogP contribution in [-0.4, -0.2) is 53.1 Å². The average Bonchev–Trinajstić information content (AvgIpc) is 2.69. The van der Waals surface area contributed by atoms with Crippen LogP contribution in [0.25, 0.3) is 0 Å². The molecule has 1 aromatic heterocycles. The van der Waals surface area contributed by atoms with E-state index in [-0.39, 0.29) is 23.8 Å². The summed E-state index contributed by atoms with van der Waals surface area (Å²) in [6, 6.07) is 1.37. The van der Waals surface area contributed by atoms with Gasteiger partial charge >= 0.3 is 0 Å². The number of aromatic nitrogens is 2. The van der Waals surface area contributed by atoms with Crippen molar-refractivity contribution in [2.75, 3.05) is 19.9 Å². The van der Waals surface area contributed by atoms with Crippen LogP contribution < -0.4 is 15.8 Å². The summed E-state index contributed by atoms with van der Waals surface area (Å²) in [7, 11) is 3.64. The number of nitrogens with one attached hydrogen (secondary N) is 1. The first-order valence-corrected chi connectivity index (χ1v) is 7.27. The molecule has 2 saturated heterocycles. The Kier molecular flexibility index (Phi) is 3.67. The summed E-state index contributed by atoms with van der Waals surface area (Å²) in [5.74, 6) is 0.123. The van der Waals surface area contributed by atoms with Crippen LogP contribution in [0, 0.1) is 0 Å². The molecule has 2 aliphatic heterocycles. The molecule has 2 aliphatic rings. The van der Waals surface area contributed by atoms with E-state index in [1.165, 1.54) is 26.1 Å². The molecule has 21 heavy (non-hydrogen) atoms. The molecule has 3 N–H and O–H groups in total. The van der Waals surface area contributed by atoms with E-state index < -0.39 is 0 Å². The van der Waals surface area contributed by atoms with Gasteiger partial charge in [-0.15, -0.1) is 0 Å². The van der Waals surface area contributed by atoms with Crippen LogP contribution in [0.1, 0.15) is 36.0 Å². The van der Waals surface area contributed by atoms with Gasteiger partial charge in [0.15, 0.2) is 0 Å². The van der Waals surface area contributed by atoms with Gasteiger partial charge in [0.25, 0.3) is 5.91 Å². The molecule has 0 saturated carbocycles. The lowest BCUT2D eigenvalue weighted by Crippen LogP contribution is -2.48. The van der Waals surface area contributed by atoms with Crippen molar-refractivity contribution in [1.29, 1.82) is 0 Å². The van der Waals surface area contributed by atoms with E-state index in [2.05, 4.69) is 27.2 Å². The molecule has 2 bridgehead atoms. The number of hydrogen-bond acceptors (Lipinski definition) is 6. The minimum Gasteiger partial charge on any atom is -0.480 e. The number of nitrogens with two attached hydrogens (primary N) is 1. The summed E-state index contributed by atoms with van der Waals surface area (Å²) in [4.78, 5) is 22.6. The number of rotatable bonds is 3. The number of hydrogen-bond donors (Lipinski definition) is 2. The fraction of sp³-hybridized carbons (Fsp3) is 0.643. The van der Waals surface area contributed by atoms with Gasteiger partial charge in [-0.25, -0.2) is 4.98 Å². The molecule has 0 spiro atoms. The summed E-state index contributed by atoms with van der Waals surface area (Å²) in [6.45, 7) is 0. The number of piperidine rings is 1. The first-order valence-electron chi connectivity index (χ1n) is 7.27. The molecule has 1 aromatic rings. The maximum absolute atomic E-state index is 12.4. The van der Waals surface area contributed by atoms with Crippen molar-refractivity contribution in [1.82, 2.24) is 20.2 Å². The third-order valence-electron chi connectivity index (χ3n) is 4.64. The van der Waals surface area contributed by atoms with E-state index in [4.69, 9.17) is 10.5 Å². The van der Waals surface area contributed by atoms with E-state index >= 15 is 0 Å². The minimum absolute atomic E-state index is 0.0979. The highest BCUT2D eigenvalue weighted by Gasteiger charge is 2.39. The minimum atomic E-state index is -0.194. The van der Waals surface area contributed by atoms with Gasteiger partial charge < -0.3 is 20.7 Å². The van der Waals surface area contributed by atoms with Gasteiger partial charge in [0, 0.05) is 24.3 Å². The molecule has 0 radical (unpaired) electrons. The van der Waals surface area contributed by atoms with Crippen molar-refractivity contribution in [3.05, 3.63) is 11.8 Å². The summed E-state index contributed by atoms with van der Waals surface area (Å²) in [5, 5.41) is 3.08. The number of carbonyl (C=O) groups excluding carboxylic acids is 1. The zero-order chi connectivity index (χ0) is 15.0. The van der Waals surface area contributed by atoms with Gasteiger partial charge in [-0.3, -0.25) is 4.79 Å². The Morgan fingerprint density at radius 3 is 2.71 bits per heavy atom. The predicted molar refractivity (Wildman–Crippen MR) is 78.1 cm³/mol. The molecule has 0 aromatic carbocycles. The lowest BCUT2D eigenvalue weighted by Gasteiger charge is -2.36. The fourth-order valence-electron chi connectivity index (χ4n) is 3.48. The van der Waals surface area contributed by atoms with Gasteiger partial charge in [-0.1, -0.05) is 0 Å². The maximum Gasteiger partial charge on any atom is 0.258 e. The summed E-state index contributed by atoms with van der Waals surface area (Å²) < 4.78 is 5.11. The Bertz CT molecular complexity index is 536. The van der Waals surface area contributed by atoms with Crippen LogP contribution in [0.2, 0.25) is 0 Å². The van der Waals surface area contributed by atoms with Crippen molar-refractivity contribution >= 4 is 11.9 Å². The highest BCUT2D eigenvalue weighted by Crippen LogP contribution is 2.34. The van der Waals surface area contributed by atoms with Crippen LogP contribution in [-0.2, 0) is 0 Å². The quantitative estimate of drug-likeness (QED) is 0.838. The van der Waals surface area contributed by atoms with E-state index in [9.17, 15) is 4.79 Å². The van der Waals surface area contributed by atoms with Gasteiger partial charge in [-0.05, 0) is 32.7 Å². The smallest absolute Gasteiger partial charge is 0.258 e. The zero-order valence-corrected chi connectivity index (χ0v) is 12.4. The largest absolute Gasteiger partial charge is 0.480 e. The third-order valence-corrected chi connectivity index (χ3v) is 4.64. The van der Waals surface area contributed by atoms with Crippen LogP contribution in [0.3, 0.4) is 0 Å². The second-order valence-electron chi connectivity index (χ2n) is 5.84. The Morgan fingerprint density at radius 1 is 1.43 bits per heavy atom. The molecule has 7 nitrogen and oxygen atoms in total. The molecule has 1 amide bonds.